The summed E-state index contributed by atoms with van der Waals surface area (Å²) in [5.74, 6) is -0.597. The predicted molar refractivity (Wildman–Crippen MR) is 64.4 cm³/mol. The molecule has 18 heavy (non-hydrogen) atoms. The number of hydrogen-bond donors (Lipinski definition) is 3. The number of nitrogens with one attached hydrogen (secondary N) is 2. The van der Waals surface area contributed by atoms with Gasteiger partial charge in [0.2, 0.25) is 5.91 Å². The van der Waals surface area contributed by atoms with Crippen LogP contribution in [0.3, 0.4) is 0 Å². The largest absolute Gasteiger partial charge is 0.368 e. The van der Waals surface area contributed by atoms with Gasteiger partial charge in [0.25, 0.3) is 0 Å². The Kier molecular flexibility index (Phi) is 5.09. The number of nitrogens with two attached hydrogens (primary N) is 1. The lowest BCUT2D eigenvalue weighted by Gasteiger charge is -2.19. The van der Waals surface area contributed by atoms with Gasteiger partial charge in [-0.15, -0.1) is 0 Å². The molecular weight excluding hydrogens is 236 g/mol. The van der Waals surface area contributed by atoms with E-state index in [9.17, 15) is 9.59 Å². The first-order chi connectivity index (χ1) is 8.50. The number of hydrogen-bond acceptors (Lipinski definition) is 4. The van der Waals surface area contributed by atoms with E-state index in [1.54, 1.807) is 11.0 Å². The van der Waals surface area contributed by atoms with Crippen molar-refractivity contribution in [3.05, 3.63) is 12.7 Å². The highest BCUT2D eigenvalue weighted by molar-refractivity contribution is 5.86. The van der Waals surface area contributed by atoms with Crippen molar-refractivity contribution >= 4 is 11.9 Å². The summed E-state index contributed by atoms with van der Waals surface area (Å²) in [5.41, 5.74) is 5.19. The zero-order valence-electron chi connectivity index (χ0n) is 10.5. The molecule has 0 unspecified atom stereocenters. The van der Waals surface area contributed by atoms with E-state index < -0.39 is 18.0 Å². The van der Waals surface area contributed by atoms with Gasteiger partial charge in [0, 0.05) is 6.54 Å². The summed E-state index contributed by atoms with van der Waals surface area (Å²) in [5, 5.41) is 9.03. The summed E-state index contributed by atoms with van der Waals surface area (Å²) in [6.07, 6.45) is 2.97. The highest BCUT2D eigenvalue weighted by Gasteiger charge is 2.21. The minimum Gasteiger partial charge on any atom is -0.368 e. The number of amides is 3. The van der Waals surface area contributed by atoms with E-state index in [2.05, 4.69) is 20.7 Å². The number of rotatable bonds is 6. The molecule has 8 nitrogen and oxygen atoms in total. The molecule has 1 aromatic rings. The SMILES string of the molecule is CC(C)[C@H](NC(=O)NCCn1cncn1)C(N)=O. The van der Waals surface area contributed by atoms with Crippen LogP contribution in [0.15, 0.2) is 12.7 Å². The maximum Gasteiger partial charge on any atom is 0.315 e. The molecule has 8 heteroatoms. The van der Waals surface area contributed by atoms with Gasteiger partial charge < -0.3 is 16.4 Å². The molecule has 0 radical (unpaired) electrons. The molecule has 0 saturated heterocycles. The van der Waals surface area contributed by atoms with E-state index in [-0.39, 0.29) is 5.92 Å². The molecule has 1 rings (SSSR count). The van der Waals surface area contributed by atoms with Gasteiger partial charge >= 0.3 is 6.03 Å². The summed E-state index contributed by atoms with van der Waals surface area (Å²) >= 11 is 0. The van der Waals surface area contributed by atoms with Crippen molar-refractivity contribution in [3.63, 3.8) is 0 Å². The number of carbonyl (C=O) groups excluding carboxylic acids is 2. The Morgan fingerprint density at radius 1 is 1.44 bits per heavy atom. The molecule has 0 saturated carbocycles. The van der Waals surface area contributed by atoms with E-state index in [0.717, 1.165) is 0 Å². The average molecular weight is 254 g/mol. The van der Waals surface area contributed by atoms with Crippen LogP contribution in [-0.4, -0.2) is 39.3 Å². The molecule has 1 atom stereocenters. The van der Waals surface area contributed by atoms with Gasteiger partial charge in [-0.25, -0.2) is 9.78 Å². The summed E-state index contributed by atoms with van der Waals surface area (Å²) in [4.78, 5) is 26.4. The molecule has 0 aromatic carbocycles. The molecule has 4 N–H and O–H groups in total. The van der Waals surface area contributed by atoms with Crippen LogP contribution >= 0.6 is 0 Å². The van der Waals surface area contributed by atoms with Gasteiger partial charge in [0.15, 0.2) is 0 Å². The van der Waals surface area contributed by atoms with Crippen LogP contribution in [0.4, 0.5) is 4.79 Å². The summed E-state index contributed by atoms with van der Waals surface area (Å²) in [6.45, 7) is 4.52. The summed E-state index contributed by atoms with van der Waals surface area (Å²) < 4.78 is 1.59. The minimum absolute atomic E-state index is 0.0523. The van der Waals surface area contributed by atoms with Gasteiger partial charge in [0.05, 0.1) is 6.54 Å². The van der Waals surface area contributed by atoms with E-state index in [0.29, 0.717) is 13.1 Å². The number of primary amides is 1. The van der Waals surface area contributed by atoms with Crippen molar-refractivity contribution < 1.29 is 9.59 Å². The van der Waals surface area contributed by atoms with E-state index >= 15 is 0 Å². The Morgan fingerprint density at radius 2 is 2.17 bits per heavy atom. The second kappa shape index (κ2) is 6.58. The van der Waals surface area contributed by atoms with Crippen molar-refractivity contribution in [1.82, 2.24) is 25.4 Å². The van der Waals surface area contributed by atoms with Crippen LogP contribution in [0.5, 0.6) is 0 Å². The molecule has 0 aliphatic heterocycles. The highest BCUT2D eigenvalue weighted by atomic mass is 16.2. The Bertz CT molecular complexity index is 389. The topological polar surface area (TPSA) is 115 Å². The van der Waals surface area contributed by atoms with Gasteiger partial charge in [-0.1, -0.05) is 13.8 Å². The minimum atomic E-state index is -0.670. The monoisotopic (exact) mass is 254 g/mol. The second-order valence-electron chi connectivity index (χ2n) is 4.18. The fraction of sp³-hybridized carbons (Fsp3) is 0.600. The Balaban J connectivity index is 2.30. The van der Waals surface area contributed by atoms with Crippen molar-refractivity contribution in [2.24, 2.45) is 11.7 Å². The first kappa shape index (κ1) is 13.9. The standard InChI is InChI=1S/C10H18N6O2/c1-7(2)8(9(11)17)15-10(18)13-3-4-16-6-12-5-14-16/h5-8H,3-4H2,1-2H3,(H2,11,17)(H2,13,15,18)/t8-/m0/s1. The lowest BCUT2D eigenvalue weighted by atomic mass is 10.0. The molecule has 0 bridgehead atoms. The normalized spacial score (nSPS) is 12.2. The van der Waals surface area contributed by atoms with E-state index in [1.165, 1.54) is 6.33 Å². The van der Waals surface area contributed by atoms with Crippen LogP contribution in [-0.2, 0) is 11.3 Å². The van der Waals surface area contributed by atoms with Crippen LogP contribution in [0.1, 0.15) is 13.8 Å². The van der Waals surface area contributed by atoms with Crippen molar-refractivity contribution in [3.8, 4) is 0 Å². The Labute approximate surface area is 105 Å². The smallest absolute Gasteiger partial charge is 0.315 e. The second-order valence-corrected chi connectivity index (χ2v) is 4.18. The Hall–Kier alpha value is -2.12. The fourth-order valence-corrected chi connectivity index (χ4v) is 1.39. The fourth-order valence-electron chi connectivity index (χ4n) is 1.39. The van der Waals surface area contributed by atoms with E-state index in [4.69, 9.17) is 5.73 Å². The molecule has 1 heterocycles. The first-order valence-electron chi connectivity index (χ1n) is 5.66. The molecule has 0 aliphatic carbocycles. The lowest BCUT2D eigenvalue weighted by Crippen LogP contribution is -2.51. The van der Waals surface area contributed by atoms with Crippen LogP contribution in [0, 0.1) is 5.92 Å². The van der Waals surface area contributed by atoms with Gasteiger partial charge in [-0.2, -0.15) is 5.10 Å². The quantitative estimate of drug-likeness (QED) is 0.609. The first-order valence-corrected chi connectivity index (χ1v) is 5.66. The molecule has 0 spiro atoms. The maximum absolute atomic E-state index is 11.5. The van der Waals surface area contributed by atoms with Crippen molar-refractivity contribution in [1.29, 1.82) is 0 Å². The zero-order valence-corrected chi connectivity index (χ0v) is 10.5. The number of aromatic nitrogens is 3. The molecular formula is C10H18N6O2. The average Bonchev–Trinajstić information content (AvgIpc) is 2.78. The maximum atomic E-state index is 11.5. The summed E-state index contributed by atoms with van der Waals surface area (Å²) in [7, 11) is 0. The highest BCUT2D eigenvalue weighted by Crippen LogP contribution is 1.99. The van der Waals surface area contributed by atoms with Crippen molar-refractivity contribution in [2.45, 2.75) is 26.4 Å². The number of carbonyl (C=O) groups is 2. The van der Waals surface area contributed by atoms with Crippen LogP contribution in [0.25, 0.3) is 0 Å². The number of urea groups is 1. The van der Waals surface area contributed by atoms with E-state index in [1.807, 2.05) is 13.8 Å². The number of nitrogens with zero attached hydrogens (tertiary/aromatic N) is 3. The Morgan fingerprint density at radius 3 is 2.67 bits per heavy atom. The zero-order chi connectivity index (χ0) is 13.5. The van der Waals surface area contributed by atoms with Crippen molar-refractivity contribution in [2.75, 3.05) is 6.54 Å². The molecule has 1 aromatic heterocycles. The van der Waals surface area contributed by atoms with Crippen LogP contribution < -0.4 is 16.4 Å². The van der Waals surface area contributed by atoms with Gasteiger partial charge in [0.1, 0.15) is 18.7 Å². The molecule has 0 aliphatic rings. The van der Waals surface area contributed by atoms with Gasteiger partial charge in [-0.3, -0.25) is 9.48 Å². The van der Waals surface area contributed by atoms with Crippen LogP contribution in [0.2, 0.25) is 0 Å². The third-order valence-corrected chi connectivity index (χ3v) is 2.35. The predicted octanol–water partition coefficient (Wildman–Crippen LogP) is -0.913. The third kappa shape index (κ3) is 4.40. The molecule has 0 fully saturated rings. The summed E-state index contributed by atoms with van der Waals surface area (Å²) in [6, 6.07) is -1.09. The molecule has 100 valence electrons. The third-order valence-electron chi connectivity index (χ3n) is 2.35. The lowest BCUT2D eigenvalue weighted by molar-refractivity contribution is -0.120. The van der Waals surface area contributed by atoms with Gasteiger partial charge in [-0.05, 0) is 5.92 Å². The molecule has 3 amide bonds.